The van der Waals surface area contributed by atoms with Crippen LogP contribution in [0.15, 0.2) is 22.8 Å². The molecule has 0 saturated heterocycles. The van der Waals surface area contributed by atoms with Gasteiger partial charge in [0.2, 0.25) is 0 Å². The Morgan fingerprint density at radius 3 is 2.85 bits per heavy atom. The molecule has 0 spiro atoms. The van der Waals surface area contributed by atoms with Gasteiger partial charge in [-0.15, -0.1) is 0 Å². The minimum Gasteiger partial charge on any atom is -0.467 e. The lowest BCUT2D eigenvalue weighted by Crippen LogP contribution is -2.32. The van der Waals surface area contributed by atoms with Crippen molar-refractivity contribution in [1.82, 2.24) is 0 Å². The Balaban J connectivity index is 2.21. The fourth-order valence-electron chi connectivity index (χ4n) is 0.755. The van der Waals surface area contributed by atoms with Gasteiger partial charge >= 0.3 is 0 Å². The van der Waals surface area contributed by atoms with Crippen LogP contribution in [-0.2, 0) is 11.3 Å². The largest absolute Gasteiger partial charge is 0.467 e. The Bertz CT molecular complexity index is 236. The molecule has 0 bridgehead atoms. The SMILES string of the molecule is NCC(F)(F)COCc1ccco1. The van der Waals surface area contributed by atoms with E-state index in [9.17, 15) is 8.78 Å². The molecule has 13 heavy (non-hydrogen) atoms. The third-order valence-electron chi connectivity index (χ3n) is 1.44. The van der Waals surface area contributed by atoms with E-state index in [1.165, 1.54) is 6.26 Å². The van der Waals surface area contributed by atoms with Gasteiger partial charge in [-0.05, 0) is 12.1 Å². The molecule has 1 aromatic heterocycles. The summed E-state index contributed by atoms with van der Waals surface area (Å²) in [7, 11) is 0. The van der Waals surface area contributed by atoms with E-state index in [0.29, 0.717) is 5.76 Å². The molecule has 5 heteroatoms. The zero-order valence-electron chi connectivity index (χ0n) is 7.00. The normalized spacial score (nSPS) is 11.9. The predicted octanol–water partition coefficient (Wildman–Crippen LogP) is 1.39. The van der Waals surface area contributed by atoms with E-state index in [4.69, 9.17) is 14.9 Å². The van der Waals surface area contributed by atoms with Crippen molar-refractivity contribution < 1.29 is 17.9 Å². The van der Waals surface area contributed by atoms with E-state index in [2.05, 4.69) is 0 Å². The van der Waals surface area contributed by atoms with Crippen molar-refractivity contribution in [2.24, 2.45) is 5.73 Å². The van der Waals surface area contributed by atoms with Crippen LogP contribution in [0, 0.1) is 0 Å². The topological polar surface area (TPSA) is 48.4 Å². The highest BCUT2D eigenvalue weighted by molar-refractivity contribution is 4.96. The third-order valence-corrected chi connectivity index (χ3v) is 1.44. The van der Waals surface area contributed by atoms with Crippen LogP contribution in [0.5, 0.6) is 0 Å². The molecule has 3 nitrogen and oxygen atoms in total. The first-order valence-corrected chi connectivity index (χ1v) is 3.82. The molecular weight excluding hydrogens is 180 g/mol. The van der Waals surface area contributed by atoms with Crippen LogP contribution in [-0.4, -0.2) is 19.1 Å². The number of ether oxygens (including phenoxy) is 1. The van der Waals surface area contributed by atoms with Gasteiger partial charge in [-0.3, -0.25) is 0 Å². The van der Waals surface area contributed by atoms with Gasteiger partial charge < -0.3 is 14.9 Å². The average Bonchev–Trinajstić information content (AvgIpc) is 2.57. The van der Waals surface area contributed by atoms with Crippen molar-refractivity contribution >= 4 is 0 Å². The Kier molecular flexibility index (Phi) is 3.39. The monoisotopic (exact) mass is 191 g/mol. The van der Waals surface area contributed by atoms with E-state index < -0.39 is 19.1 Å². The summed E-state index contributed by atoms with van der Waals surface area (Å²) < 4.78 is 34.6. The molecule has 2 N–H and O–H groups in total. The quantitative estimate of drug-likeness (QED) is 0.765. The fraction of sp³-hybridized carbons (Fsp3) is 0.500. The summed E-state index contributed by atoms with van der Waals surface area (Å²) in [6, 6.07) is 3.32. The molecule has 0 unspecified atom stereocenters. The lowest BCUT2D eigenvalue weighted by molar-refractivity contribution is -0.0766. The highest BCUT2D eigenvalue weighted by Crippen LogP contribution is 2.12. The summed E-state index contributed by atoms with van der Waals surface area (Å²) in [6.45, 7) is -1.34. The number of alkyl halides is 2. The summed E-state index contributed by atoms with van der Waals surface area (Å²) in [5, 5.41) is 0. The smallest absolute Gasteiger partial charge is 0.282 e. The molecule has 1 rings (SSSR count). The molecule has 0 aliphatic rings. The number of hydrogen-bond donors (Lipinski definition) is 1. The Morgan fingerprint density at radius 2 is 2.31 bits per heavy atom. The Morgan fingerprint density at radius 1 is 1.54 bits per heavy atom. The van der Waals surface area contributed by atoms with Gasteiger partial charge in [0.05, 0.1) is 12.8 Å². The fourth-order valence-corrected chi connectivity index (χ4v) is 0.755. The van der Waals surface area contributed by atoms with Gasteiger partial charge in [-0.1, -0.05) is 0 Å². The van der Waals surface area contributed by atoms with Gasteiger partial charge in [0.1, 0.15) is 19.0 Å². The molecule has 0 aromatic carbocycles. The minimum absolute atomic E-state index is 0.0442. The highest BCUT2D eigenvalue weighted by atomic mass is 19.3. The lowest BCUT2D eigenvalue weighted by Gasteiger charge is -2.12. The lowest BCUT2D eigenvalue weighted by atomic mass is 10.4. The summed E-state index contributed by atoms with van der Waals surface area (Å²) in [5.41, 5.74) is 4.81. The van der Waals surface area contributed by atoms with Crippen molar-refractivity contribution in [3.8, 4) is 0 Å². The van der Waals surface area contributed by atoms with E-state index in [1.807, 2.05) is 0 Å². The Hall–Kier alpha value is -0.940. The summed E-state index contributed by atoms with van der Waals surface area (Å²) in [6.07, 6.45) is 1.46. The molecule has 1 heterocycles. The molecule has 1 aromatic rings. The number of hydrogen-bond acceptors (Lipinski definition) is 3. The molecule has 0 saturated carbocycles. The third kappa shape index (κ3) is 3.52. The zero-order chi connectivity index (χ0) is 9.73. The number of rotatable bonds is 5. The van der Waals surface area contributed by atoms with Crippen LogP contribution in [0.2, 0.25) is 0 Å². The molecule has 0 aliphatic heterocycles. The first-order valence-electron chi connectivity index (χ1n) is 3.82. The average molecular weight is 191 g/mol. The molecule has 74 valence electrons. The van der Waals surface area contributed by atoms with E-state index >= 15 is 0 Å². The molecule has 0 radical (unpaired) electrons. The molecule has 0 atom stereocenters. The highest BCUT2D eigenvalue weighted by Gasteiger charge is 2.26. The second-order valence-electron chi connectivity index (χ2n) is 2.63. The van der Waals surface area contributed by atoms with Gasteiger partial charge in [0, 0.05) is 0 Å². The van der Waals surface area contributed by atoms with Gasteiger partial charge in [0.25, 0.3) is 5.92 Å². The van der Waals surface area contributed by atoms with Crippen LogP contribution in [0.1, 0.15) is 5.76 Å². The second-order valence-corrected chi connectivity index (χ2v) is 2.63. The van der Waals surface area contributed by atoms with Crippen molar-refractivity contribution in [1.29, 1.82) is 0 Å². The summed E-state index contributed by atoms with van der Waals surface area (Å²) in [5.74, 6) is -2.43. The van der Waals surface area contributed by atoms with Crippen LogP contribution < -0.4 is 5.73 Å². The number of nitrogens with two attached hydrogens (primary N) is 1. The zero-order valence-corrected chi connectivity index (χ0v) is 7.00. The van der Waals surface area contributed by atoms with Crippen molar-refractivity contribution in [3.63, 3.8) is 0 Å². The van der Waals surface area contributed by atoms with Crippen LogP contribution in [0.25, 0.3) is 0 Å². The maximum absolute atomic E-state index is 12.5. The second kappa shape index (κ2) is 4.34. The molecule has 0 fully saturated rings. The van der Waals surface area contributed by atoms with Crippen molar-refractivity contribution in [2.75, 3.05) is 13.2 Å². The van der Waals surface area contributed by atoms with E-state index in [0.717, 1.165) is 0 Å². The number of halogens is 2. The maximum Gasteiger partial charge on any atom is 0.282 e. The molecule has 0 aliphatic carbocycles. The van der Waals surface area contributed by atoms with Crippen LogP contribution in [0.4, 0.5) is 8.78 Å². The molecule has 0 amide bonds. The van der Waals surface area contributed by atoms with Gasteiger partial charge in [0.15, 0.2) is 0 Å². The predicted molar refractivity (Wildman–Crippen MR) is 42.4 cm³/mol. The summed E-state index contributed by atoms with van der Waals surface area (Å²) >= 11 is 0. The van der Waals surface area contributed by atoms with Gasteiger partial charge in [-0.25, -0.2) is 8.78 Å². The number of furan rings is 1. The van der Waals surface area contributed by atoms with Crippen LogP contribution in [0.3, 0.4) is 0 Å². The molecular formula is C8H11F2NO2. The first-order chi connectivity index (χ1) is 6.14. The maximum atomic E-state index is 12.5. The van der Waals surface area contributed by atoms with E-state index in [1.54, 1.807) is 12.1 Å². The Labute approximate surface area is 74.5 Å². The standard InChI is InChI=1S/C8H11F2NO2/c9-8(10,5-11)6-12-4-7-2-1-3-13-7/h1-3H,4-6,11H2. The van der Waals surface area contributed by atoms with Crippen molar-refractivity contribution in [2.45, 2.75) is 12.5 Å². The first kappa shape index (κ1) is 10.1. The van der Waals surface area contributed by atoms with Gasteiger partial charge in [-0.2, -0.15) is 0 Å². The minimum atomic E-state index is -2.95. The summed E-state index contributed by atoms with van der Waals surface area (Å²) in [4.78, 5) is 0. The van der Waals surface area contributed by atoms with Crippen LogP contribution >= 0.6 is 0 Å². The van der Waals surface area contributed by atoms with Crippen molar-refractivity contribution in [3.05, 3.63) is 24.2 Å². The van der Waals surface area contributed by atoms with E-state index in [-0.39, 0.29) is 6.61 Å².